The van der Waals surface area contributed by atoms with Crippen LogP contribution in [-0.2, 0) is 16.9 Å². The van der Waals surface area contributed by atoms with Crippen molar-refractivity contribution in [2.24, 2.45) is 0 Å². The number of ketones is 1. The molecule has 5 heteroatoms. The quantitative estimate of drug-likeness (QED) is 0.557. The Morgan fingerprint density at radius 1 is 0.968 bits per heavy atom. The molecule has 0 fully saturated rings. The summed E-state index contributed by atoms with van der Waals surface area (Å²) >= 11 is 5.97. The van der Waals surface area contributed by atoms with E-state index in [0.29, 0.717) is 21.8 Å². The largest absolute Gasteiger partial charge is 0.375 e. The number of fused-ring (bicyclic) bond motifs is 1. The Bertz CT molecular complexity index is 1190. The van der Waals surface area contributed by atoms with Crippen molar-refractivity contribution >= 4 is 29.0 Å². The summed E-state index contributed by atoms with van der Waals surface area (Å²) in [5, 5.41) is 12.1. The number of benzene rings is 3. The van der Waals surface area contributed by atoms with Gasteiger partial charge in [-0.3, -0.25) is 9.59 Å². The number of aryl methyl sites for hydroxylation is 3. The van der Waals surface area contributed by atoms with Crippen molar-refractivity contribution in [3.8, 4) is 0 Å². The topological polar surface area (TPSA) is 57.6 Å². The first-order valence-corrected chi connectivity index (χ1v) is 10.6. The second-order valence-electron chi connectivity index (χ2n) is 8.25. The molecule has 3 aromatic carbocycles. The van der Waals surface area contributed by atoms with Gasteiger partial charge >= 0.3 is 0 Å². The van der Waals surface area contributed by atoms with Crippen LogP contribution >= 0.6 is 11.6 Å². The van der Waals surface area contributed by atoms with E-state index in [2.05, 4.69) is 0 Å². The van der Waals surface area contributed by atoms with E-state index < -0.39 is 11.5 Å². The molecule has 1 heterocycles. The van der Waals surface area contributed by atoms with Crippen LogP contribution in [0.15, 0.2) is 60.7 Å². The van der Waals surface area contributed by atoms with E-state index in [1.165, 1.54) is 0 Å². The zero-order chi connectivity index (χ0) is 22.3. The van der Waals surface area contributed by atoms with Crippen molar-refractivity contribution < 1.29 is 14.7 Å². The van der Waals surface area contributed by atoms with E-state index >= 15 is 0 Å². The minimum atomic E-state index is -1.90. The van der Waals surface area contributed by atoms with Gasteiger partial charge in [-0.2, -0.15) is 0 Å². The van der Waals surface area contributed by atoms with Crippen molar-refractivity contribution in [3.05, 3.63) is 99.1 Å². The lowest BCUT2D eigenvalue weighted by atomic mass is 9.86. The first-order valence-electron chi connectivity index (χ1n) is 10.2. The second-order valence-corrected chi connectivity index (χ2v) is 8.68. The molecule has 4 rings (SSSR count). The molecule has 31 heavy (non-hydrogen) atoms. The van der Waals surface area contributed by atoms with E-state index in [4.69, 9.17) is 11.6 Å². The summed E-state index contributed by atoms with van der Waals surface area (Å²) in [6, 6.07) is 18.1. The van der Waals surface area contributed by atoms with Crippen LogP contribution in [0, 0.1) is 20.8 Å². The molecular weight excluding hydrogens is 410 g/mol. The molecule has 1 amide bonds. The number of carbonyl (C=O) groups is 2. The number of para-hydroxylation sites is 1. The van der Waals surface area contributed by atoms with E-state index in [9.17, 15) is 14.7 Å². The molecule has 0 saturated heterocycles. The molecule has 3 aromatic rings. The third-order valence-corrected chi connectivity index (χ3v) is 6.30. The summed E-state index contributed by atoms with van der Waals surface area (Å²) < 4.78 is 0. The number of aliphatic hydroxyl groups is 1. The fraction of sp³-hybridized carbons (Fsp3) is 0.231. The maximum Gasteiger partial charge on any atom is 0.264 e. The van der Waals surface area contributed by atoms with Gasteiger partial charge in [0.2, 0.25) is 0 Å². The molecule has 158 valence electrons. The molecule has 4 nitrogen and oxygen atoms in total. The van der Waals surface area contributed by atoms with Crippen LogP contribution in [0.5, 0.6) is 0 Å². The van der Waals surface area contributed by atoms with Crippen molar-refractivity contribution in [3.63, 3.8) is 0 Å². The van der Waals surface area contributed by atoms with Gasteiger partial charge in [-0.25, -0.2) is 0 Å². The zero-order valence-corrected chi connectivity index (χ0v) is 18.5. The average Bonchev–Trinajstić information content (AvgIpc) is 2.94. The van der Waals surface area contributed by atoms with E-state index in [1.807, 2.05) is 51.1 Å². The van der Waals surface area contributed by atoms with Gasteiger partial charge in [0.05, 0.1) is 18.7 Å². The van der Waals surface area contributed by atoms with Crippen LogP contribution in [0.2, 0.25) is 5.02 Å². The zero-order valence-electron chi connectivity index (χ0n) is 17.8. The van der Waals surface area contributed by atoms with Gasteiger partial charge in [-0.1, -0.05) is 48.0 Å². The summed E-state index contributed by atoms with van der Waals surface area (Å²) in [7, 11) is 0. The van der Waals surface area contributed by atoms with Gasteiger partial charge in [0.25, 0.3) is 5.91 Å². The van der Waals surface area contributed by atoms with Gasteiger partial charge in [0.1, 0.15) is 0 Å². The van der Waals surface area contributed by atoms with Gasteiger partial charge in [-0.15, -0.1) is 0 Å². The molecule has 0 aromatic heterocycles. The molecule has 0 bridgehead atoms. The summed E-state index contributed by atoms with van der Waals surface area (Å²) in [4.78, 5) is 28.2. The number of nitrogens with zero attached hydrogens (tertiary/aromatic N) is 1. The van der Waals surface area contributed by atoms with Gasteiger partial charge in [0.15, 0.2) is 11.4 Å². The molecule has 0 spiro atoms. The minimum Gasteiger partial charge on any atom is -0.375 e. The fourth-order valence-electron chi connectivity index (χ4n) is 4.20. The van der Waals surface area contributed by atoms with Gasteiger partial charge in [-0.05, 0) is 67.3 Å². The maximum absolute atomic E-state index is 13.4. The number of Topliss-reactive ketones (excluding diaryl/α,β-unsaturated/α-hetero) is 1. The first-order chi connectivity index (χ1) is 14.7. The molecule has 0 saturated carbocycles. The summed E-state index contributed by atoms with van der Waals surface area (Å²) in [5.41, 5.74) is 3.55. The molecule has 0 radical (unpaired) electrons. The van der Waals surface area contributed by atoms with Crippen LogP contribution < -0.4 is 4.90 Å². The van der Waals surface area contributed by atoms with E-state index in [-0.39, 0.29) is 18.7 Å². The minimum absolute atomic E-state index is 0.250. The second kappa shape index (κ2) is 7.95. The van der Waals surface area contributed by atoms with Crippen molar-refractivity contribution in [1.29, 1.82) is 0 Å². The number of halogens is 1. The van der Waals surface area contributed by atoms with Crippen LogP contribution in [0.4, 0.5) is 5.69 Å². The molecule has 1 aliphatic rings. The van der Waals surface area contributed by atoms with Gasteiger partial charge < -0.3 is 10.0 Å². The van der Waals surface area contributed by atoms with Crippen molar-refractivity contribution in [2.45, 2.75) is 39.3 Å². The molecule has 0 aliphatic carbocycles. The lowest BCUT2D eigenvalue weighted by molar-refractivity contribution is -0.136. The standard InChI is InChI=1S/C26H24ClNO3/c1-16-12-18(3)21(13-17(16)2)24(29)14-26(31)22-6-4-5-7-23(22)28(25(26)30)15-19-8-10-20(27)11-9-19/h4-13,31H,14-15H2,1-3H3. The highest BCUT2D eigenvalue weighted by molar-refractivity contribution is 6.30. The summed E-state index contributed by atoms with van der Waals surface area (Å²) in [6.07, 6.45) is -0.302. The number of carbonyl (C=O) groups excluding carboxylic acids is 2. The Labute approximate surface area is 187 Å². The maximum atomic E-state index is 13.4. The van der Waals surface area contributed by atoms with Crippen LogP contribution in [0.3, 0.4) is 0 Å². The third kappa shape index (κ3) is 3.78. The Morgan fingerprint density at radius 3 is 2.32 bits per heavy atom. The van der Waals surface area contributed by atoms with Crippen molar-refractivity contribution in [2.75, 3.05) is 4.90 Å². The highest BCUT2D eigenvalue weighted by atomic mass is 35.5. The Hall–Kier alpha value is -2.95. The number of hydrogen-bond donors (Lipinski definition) is 1. The summed E-state index contributed by atoms with van der Waals surface area (Å²) in [5.74, 6) is -0.738. The van der Waals surface area contributed by atoms with Crippen molar-refractivity contribution in [1.82, 2.24) is 0 Å². The number of anilines is 1. The molecule has 1 atom stereocenters. The Balaban J connectivity index is 1.69. The lowest BCUT2D eigenvalue weighted by Gasteiger charge is -2.23. The smallest absolute Gasteiger partial charge is 0.264 e. The fourth-order valence-corrected chi connectivity index (χ4v) is 4.32. The average molecular weight is 434 g/mol. The molecule has 1 unspecified atom stereocenters. The third-order valence-electron chi connectivity index (χ3n) is 6.05. The highest BCUT2D eigenvalue weighted by Crippen LogP contribution is 2.43. The Kier molecular flexibility index (Phi) is 5.46. The highest BCUT2D eigenvalue weighted by Gasteiger charge is 2.50. The molecular formula is C26H24ClNO3. The van der Waals surface area contributed by atoms with E-state index in [0.717, 1.165) is 22.3 Å². The van der Waals surface area contributed by atoms with Crippen LogP contribution in [-0.4, -0.2) is 16.8 Å². The predicted octanol–water partition coefficient (Wildman–Crippen LogP) is 5.27. The summed E-state index contributed by atoms with van der Waals surface area (Å²) in [6.45, 7) is 6.10. The predicted molar refractivity (Wildman–Crippen MR) is 123 cm³/mol. The van der Waals surface area contributed by atoms with Crippen LogP contribution in [0.1, 0.15) is 44.6 Å². The van der Waals surface area contributed by atoms with Gasteiger partial charge in [0, 0.05) is 16.1 Å². The number of hydrogen-bond acceptors (Lipinski definition) is 3. The first kappa shape index (κ1) is 21.3. The monoisotopic (exact) mass is 433 g/mol. The van der Waals surface area contributed by atoms with E-state index in [1.54, 1.807) is 35.2 Å². The molecule has 1 aliphatic heterocycles. The molecule has 1 N–H and O–H groups in total. The lowest BCUT2D eigenvalue weighted by Crippen LogP contribution is -2.41. The number of rotatable bonds is 5. The number of amides is 1. The Morgan fingerprint density at radius 2 is 1.61 bits per heavy atom. The van der Waals surface area contributed by atoms with Crippen LogP contribution in [0.25, 0.3) is 0 Å². The SMILES string of the molecule is Cc1cc(C)c(C(=O)CC2(O)C(=O)N(Cc3ccc(Cl)cc3)c3ccccc32)cc1C. The normalized spacial score (nSPS) is 17.7.